The van der Waals surface area contributed by atoms with Gasteiger partial charge in [0.05, 0.1) is 11.4 Å². The Hall–Kier alpha value is -1.71. The fourth-order valence-corrected chi connectivity index (χ4v) is 1.70. The Morgan fingerprint density at radius 3 is 2.47 bits per heavy atom. The van der Waals surface area contributed by atoms with Crippen LogP contribution in [-0.4, -0.2) is 19.7 Å². The molecule has 2 rings (SSSR count). The van der Waals surface area contributed by atoms with Crippen LogP contribution in [0.25, 0.3) is 0 Å². The van der Waals surface area contributed by atoms with Crippen LogP contribution in [0, 0.1) is 13.8 Å². The van der Waals surface area contributed by atoms with Crippen molar-refractivity contribution in [2.75, 3.05) is 0 Å². The molecule has 0 saturated carbocycles. The maximum Gasteiger partial charge on any atom is 0.151 e. The van der Waals surface area contributed by atoms with Crippen LogP contribution in [0.4, 0.5) is 0 Å². The Labute approximate surface area is 102 Å². The third kappa shape index (κ3) is 3.37. The molecule has 0 radical (unpaired) electrons. The molecule has 0 saturated heterocycles. The quantitative estimate of drug-likeness (QED) is 0.740. The average molecular weight is 230 g/mol. The summed E-state index contributed by atoms with van der Waals surface area (Å²) in [6.45, 7) is 4.98. The zero-order valence-electron chi connectivity index (χ0n) is 10.4. The Morgan fingerprint density at radius 2 is 1.76 bits per heavy atom. The van der Waals surface area contributed by atoms with Crippen molar-refractivity contribution in [2.24, 2.45) is 0 Å². The number of hydrogen-bond acceptors (Lipinski definition) is 3. The molecule has 0 aliphatic rings. The van der Waals surface area contributed by atoms with E-state index in [4.69, 9.17) is 0 Å². The van der Waals surface area contributed by atoms with Gasteiger partial charge < -0.3 is 4.57 Å². The molecule has 2 heterocycles. The maximum atomic E-state index is 4.43. The second kappa shape index (κ2) is 5.57. The normalized spacial score (nSPS) is 10.7. The van der Waals surface area contributed by atoms with E-state index in [1.54, 1.807) is 0 Å². The minimum Gasteiger partial charge on any atom is -0.354 e. The van der Waals surface area contributed by atoms with Gasteiger partial charge in [0, 0.05) is 25.4 Å². The monoisotopic (exact) mass is 230 g/mol. The van der Waals surface area contributed by atoms with Gasteiger partial charge in [-0.2, -0.15) is 5.10 Å². The zero-order valence-corrected chi connectivity index (χ0v) is 10.4. The first-order valence-electron chi connectivity index (χ1n) is 6.03. The number of rotatable bonds is 5. The molecule has 4 heteroatoms. The second-order valence-electron chi connectivity index (χ2n) is 4.28. The molecule has 2 aromatic heterocycles. The fraction of sp³-hybridized carbons (Fsp3) is 0.462. The molecule has 90 valence electrons. The lowest BCUT2D eigenvalue weighted by molar-refractivity contribution is 0.597. The minimum atomic E-state index is 0.862. The van der Waals surface area contributed by atoms with Gasteiger partial charge in [0.15, 0.2) is 5.82 Å². The Balaban J connectivity index is 1.76. The van der Waals surface area contributed by atoms with E-state index in [2.05, 4.69) is 44.3 Å². The summed E-state index contributed by atoms with van der Waals surface area (Å²) < 4.78 is 2.19. The third-order valence-corrected chi connectivity index (χ3v) is 2.87. The van der Waals surface area contributed by atoms with E-state index in [0.717, 1.165) is 43.0 Å². The lowest BCUT2D eigenvalue weighted by Crippen LogP contribution is -2.03. The lowest BCUT2D eigenvalue weighted by atomic mass is 10.2. The van der Waals surface area contributed by atoms with Crippen LogP contribution in [0.3, 0.4) is 0 Å². The van der Waals surface area contributed by atoms with E-state index in [0.29, 0.717) is 0 Å². The fourth-order valence-electron chi connectivity index (χ4n) is 1.70. The van der Waals surface area contributed by atoms with Gasteiger partial charge in [-0.25, -0.2) is 4.98 Å². The first-order valence-corrected chi connectivity index (χ1v) is 6.03. The van der Waals surface area contributed by atoms with E-state index < -0.39 is 0 Å². The predicted molar refractivity (Wildman–Crippen MR) is 66.7 cm³/mol. The molecule has 4 nitrogen and oxygen atoms in total. The molecule has 0 N–H and O–H groups in total. The van der Waals surface area contributed by atoms with Crippen molar-refractivity contribution in [3.05, 3.63) is 41.7 Å². The standard InChI is InChI=1S/C13H18N4/c1-11-12(2)15-16-13(14-11)7-3-4-8-17-9-5-6-10-17/h5-6,9-10H,3-4,7-8H2,1-2H3. The van der Waals surface area contributed by atoms with Crippen molar-refractivity contribution in [1.29, 1.82) is 0 Å². The van der Waals surface area contributed by atoms with Crippen molar-refractivity contribution in [3.8, 4) is 0 Å². The molecule has 0 amide bonds. The number of aryl methyl sites for hydroxylation is 4. The summed E-state index contributed by atoms with van der Waals surface area (Å²) in [5.74, 6) is 0.862. The Kier molecular flexibility index (Phi) is 3.85. The summed E-state index contributed by atoms with van der Waals surface area (Å²) >= 11 is 0. The summed E-state index contributed by atoms with van der Waals surface area (Å²) in [7, 11) is 0. The van der Waals surface area contributed by atoms with Crippen molar-refractivity contribution in [2.45, 2.75) is 39.7 Å². The topological polar surface area (TPSA) is 43.6 Å². The smallest absolute Gasteiger partial charge is 0.151 e. The van der Waals surface area contributed by atoms with Gasteiger partial charge in [-0.15, -0.1) is 5.10 Å². The van der Waals surface area contributed by atoms with Crippen LogP contribution in [0.1, 0.15) is 30.1 Å². The van der Waals surface area contributed by atoms with Crippen molar-refractivity contribution in [3.63, 3.8) is 0 Å². The summed E-state index contributed by atoms with van der Waals surface area (Å²) in [6, 6.07) is 4.10. The average Bonchev–Trinajstić information content (AvgIpc) is 2.82. The molecule has 0 aliphatic carbocycles. The van der Waals surface area contributed by atoms with Crippen LogP contribution >= 0.6 is 0 Å². The molecular weight excluding hydrogens is 212 g/mol. The number of nitrogens with zero attached hydrogens (tertiary/aromatic N) is 4. The van der Waals surface area contributed by atoms with Crippen LogP contribution in [-0.2, 0) is 13.0 Å². The molecule has 17 heavy (non-hydrogen) atoms. The summed E-state index contributed by atoms with van der Waals surface area (Å²) in [5, 5.41) is 8.20. The molecule has 0 atom stereocenters. The maximum absolute atomic E-state index is 4.43. The van der Waals surface area contributed by atoms with Crippen LogP contribution in [0.5, 0.6) is 0 Å². The van der Waals surface area contributed by atoms with Crippen molar-refractivity contribution < 1.29 is 0 Å². The van der Waals surface area contributed by atoms with E-state index in [1.165, 1.54) is 0 Å². The van der Waals surface area contributed by atoms with Crippen molar-refractivity contribution in [1.82, 2.24) is 19.7 Å². The van der Waals surface area contributed by atoms with E-state index >= 15 is 0 Å². The van der Waals surface area contributed by atoms with Gasteiger partial charge in [-0.1, -0.05) is 0 Å². The van der Waals surface area contributed by atoms with Crippen molar-refractivity contribution >= 4 is 0 Å². The van der Waals surface area contributed by atoms with Gasteiger partial charge in [-0.3, -0.25) is 0 Å². The summed E-state index contributed by atoms with van der Waals surface area (Å²) in [5.41, 5.74) is 1.90. The van der Waals surface area contributed by atoms with Gasteiger partial charge in [0.2, 0.25) is 0 Å². The second-order valence-corrected chi connectivity index (χ2v) is 4.28. The Morgan fingerprint density at radius 1 is 1.00 bits per heavy atom. The minimum absolute atomic E-state index is 0.862. The zero-order chi connectivity index (χ0) is 12.1. The molecule has 0 fully saturated rings. The van der Waals surface area contributed by atoms with Crippen LogP contribution < -0.4 is 0 Å². The largest absolute Gasteiger partial charge is 0.354 e. The SMILES string of the molecule is Cc1nnc(CCCCn2cccc2)nc1C. The summed E-state index contributed by atoms with van der Waals surface area (Å²) in [6.07, 6.45) is 7.34. The van der Waals surface area contributed by atoms with Crippen LogP contribution in [0.2, 0.25) is 0 Å². The molecule has 0 aliphatic heterocycles. The van der Waals surface area contributed by atoms with E-state index in [1.807, 2.05) is 13.8 Å². The number of aromatic nitrogens is 4. The molecule has 0 bridgehead atoms. The van der Waals surface area contributed by atoms with Gasteiger partial charge in [-0.05, 0) is 38.8 Å². The summed E-state index contributed by atoms with van der Waals surface area (Å²) in [4.78, 5) is 4.43. The van der Waals surface area contributed by atoms with E-state index in [9.17, 15) is 0 Å². The first-order chi connectivity index (χ1) is 8.25. The first kappa shape index (κ1) is 11.8. The van der Waals surface area contributed by atoms with Crippen LogP contribution in [0.15, 0.2) is 24.5 Å². The van der Waals surface area contributed by atoms with Gasteiger partial charge in [0.25, 0.3) is 0 Å². The van der Waals surface area contributed by atoms with Gasteiger partial charge in [0.1, 0.15) is 0 Å². The number of unbranched alkanes of at least 4 members (excludes halogenated alkanes) is 1. The molecular formula is C13H18N4. The third-order valence-electron chi connectivity index (χ3n) is 2.87. The highest BCUT2D eigenvalue weighted by atomic mass is 15.2. The molecule has 2 aromatic rings. The molecule has 0 unspecified atom stereocenters. The highest BCUT2D eigenvalue weighted by Gasteiger charge is 2.01. The van der Waals surface area contributed by atoms with Gasteiger partial charge >= 0.3 is 0 Å². The molecule has 0 aromatic carbocycles. The highest BCUT2D eigenvalue weighted by Crippen LogP contribution is 2.03. The van der Waals surface area contributed by atoms with E-state index in [-0.39, 0.29) is 0 Å². The predicted octanol–water partition coefficient (Wildman–Crippen LogP) is 2.31. The number of hydrogen-bond donors (Lipinski definition) is 0. The molecule has 0 spiro atoms. The Bertz CT molecular complexity index is 462. The highest BCUT2D eigenvalue weighted by molar-refractivity contribution is 5.05. The lowest BCUT2D eigenvalue weighted by Gasteiger charge is -2.03.